The summed E-state index contributed by atoms with van der Waals surface area (Å²) < 4.78 is 12.7. The normalized spacial score (nSPS) is 19.3. The number of aromatic nitrogens is 4. The van der Waals surface area contributed by atoms with Crippen LogP contribution in [0.1, 0.15) is 42.0 Å². The maximum atomic E-state index is 13.2. The molecule has 0 radical (unpaired) electrons. The highest BCUT2D eigenvalue weighted by Gasteiger charge is 2.27. The van der Waals surface area contributed by atoms with E-state index in [9.17, 15) is 9.36 Å². The standard InChI is InChI=1S/C22H28N7O2P/c1-13-12-29(9-8-23-13)22(30)21-24-17-7-6-15(32(2,3)31)10-16(17)20(26-21)25-19-11-18(27-28-19)14-4-5-14/h6-7,10-11,13-14,23H,4-5,8-9,12H2,1-3H3,(H2,24,25,26,27,28)/t13-/m1/s1. The smallest absolute Gasteiger partial charge is 0.291 e. The zero-order valence-electron chi connectivity index (χ0n) is 18.6. The van der Waals surface area contributed by atoms with Gasteiger partial charge in [-0.1, -0.05) is 0 Å². The number of rotatable bonds is 5. The highest BCUT2D eigenvalue weighted by atomic mass is 31.2. The van der Waals surface area contributed by atoms with Crippen molar-refractivity contribution in [2.75, 3.05) is 38.3 Å². The van der Waals surface area contributed by atoms with Gasteiger partial charge in [-0.15, -0.1) is 0 Å². The molecule has 3 heterocycles. The van der Waals surface area contributed by atoms with Crippen LogP contribution in [0.15, 0.2) is 24.3 Å². The number of carbonyl (C=O) groups excluding carboxylic acids is 1. The molecule has 2 fully saturated rings. The SMILES string of the molecule is C[C@@H]1CN(C(=O)c2nc(Nc3cc(C4CC4)[nH]n3)c3cc(P(C)(C)=O)ccc3n2)CCN1. The number of fused-ring (bicyclic) bond motifs is 1. The molecule has 1 atom stereocenters. The van der Waals surface area contributed by atoms with Crippen LogP contribution in [0.5, 0.6) is 0 Å². The Morgan fingerprint density at radius 2 is 2.03 bits per heavy atom. The molecule has 9 nitrogen and oxygen atoms in total. The van der Waals surface area contributed by atoms with Gasteiger partial charge < -0.3 is 20.1 Å². The van der Waals surface area contributed by atoms with E-state index in [2.05, 4.69) is 37.7 Å². The van der Waals surface area contributed by atoms with Gasteiger partial charge in [0.05, 0.1) is 5.52 Å². The van der Waals surface area contributed by atoms with Crippen molar-refractivity contribution in [1.82, 2.24) is 30.4 Å². The molecular weight excluding hydrogens is 425 g/mol. The first-order valence-corrected chi connectivity index (χ1v) is 13.6. The van der Waals surface area contributed by atoms with Crippen molar-refractivity contribution in [1.29, 1.82) is 0 Å². The number of aromatic amines is 1. The maximum Gasteiger partial charge on any atom is 0.291 e. The van der Waals surface area contributed by atoms with Crippen LogP contribution in [0.4, 0.5) is 11.6 Å². The number of hydrogen-bond acceptors (Lipinski definition) is 7. The average Bonchev–Trinajstić information content (AvgIpc) is 3.51. The predicted octanol–water partition coefficient (Wildman–Crippen LogP) is 2.66. The van der Waals surface area contributed by atoms with Crippen molar-refractivity contribution in [3.8, 4) is 0 Å². The van der Waals surface area contributed by atoms with E-state index in [0.717, 1.165) is 17.5 Å². The molecule has 1 saturated heterocycles. The fourth-order valence-electron chi connectivity index (χ4n) is 4.03. The fraction of sp³-hybridized carbons (Fsp3) is 0.455. The molecule has 32 heavy (non-hydrogen) atoms. The lowest BCUT2D eigenvalue weighted by Gasteiger charge is -2.31. The highest BCUT2D eigenvalue weighted by molar-refractivity contribution is 7.70. The van der Waals surface area contributed by atoms with Gasteiger partial charge in [0.15, 0.2) is 5.82 Å². The van der Waals surface area contributed by atoms with Gasteiger partial charge in [0, 0.05) is 54.0 Å². The monoisotopic (exact) mass is 453 g/mol. The molecule has 2 aliphatic rings. The molecule has 10 heteroatoms. The molecule has 1 aliphatic heterocycles. The van der Waals surface area contributed by atoms with Gasteiger partial charge in [-0.05, 0) is 51.3 Å². The van der Waals surface area contributed by atoms with E-state index in [-0.39, 0.29) is 17.8 Å². The lowest BCUT2D eigenvalue weighted by atomic mass is 10.2. The molecule has 3 aromatic rings. The third-order valence-corrected chi connectivity index (χ3v) is 7.53. The van der Waals surface area contributed by atoms with Gasteiger partial charge >= 0.3 is 0 Å². The first-order chi connectivity index (χ1) is 15.3. The molecule has 5 rings (SSSR count). The summed E-state index contributed by atoms with van der Waals surface area (Å²) in [5.74, 6) is 1.64. The summed E-state index contributed by atoms with van der Waals surface area (Å²) in [5, 5.41) is 15.5. The number of H-pyrrole nitrogens is 1. The summed E-state index contributed by atoms with van der Waals surface area (Å²) in [4.78, 5) is 24.2. The molecule has 2 aromatic heterocycles. The number of anilines is 2. The van der Waals surface area contributed by atoms with Gasteiger partial charge in [0.2, 0.25) is 5.82 Å². The van der Waals surface area contributed by atoms with Gasteiger partial charge in [-0.2, -0.15) is 5.10 Å². The van der Waals surface area contributed by atoms with Crippen molar-refractivity contribution in [2.45, 2.75) is 31.7 Å². The van der Waals surface area contributed by atoms with Crippen LogP contribution in [0.3, 0.4) is 0 Å². The van der Waals surface area contributed by atoms with Crippen LogP contribution >= 0.6 is 7.14 Å². The van der Waals surface area contributed by atoms with Gasteiger partial charge in [0.25, 0.3) is 5.91 Å². The number of nitrogens with one attached hydrogen (secondary N) is 3. The molecule has 1 aromatic carbocycles. The van der Waals surface area contributed by atoms with E-state index >= 15 is 0 Å². The van der Waals surface area contributed by atoms with Gasteiger partial charge in [-0.25, -0.2) is 9.97 Å². The van der Waals surface area contributed by atoms with Crippen LogP contribution in [0.2, 0.25) is 0 Å². The Kier molecular flexibility index (Phi) is 5.26. The minimum atomic E-state index is -2.47. The van der Waals surface area contributed by atoms with Crippen molar-refractivity contribution < 1.29 is 9.36 Å². The zero-order chi connectivity index (χ0) is 22.5. The summed E-state index contributed by atoms with van der Waals surface area (Å²) in [6.45, 7) is 7.50. The van der Waals surface area contributed by atoms with Crippen molar-refractivity contribution in [3.63, 3.8) is 0 Å². The summed E-state index contributed by atoms with van der Waals surface area (Å²) >= 11 is 0. The first-order valence-electron chi connectivity index (χ1n) is 11.0. The number of amides is 1. The minimum absolute atomic E-state index is 0.149. The third-order valence-electron chi connectivity index (χ3n) is 6.01. The van der Waals surface area contributed by atoms with Crippen LogP contribution in [-0.2, 0) is 4.57 Å². The zero-order valence-corrected chi connectivity index (χ0v) is 19.4. The summed E-state index contributed by atoms with van der Waals surface area (Å²) in [6.07, 6.45) is 2.34. The number of carbonyl (C=O) groups is 1. The Bertz CT molecular complexity index is 1230. The summed E-state index contributed by atoms with van der Waals surface area (Å²) in [5.41, 5.74) is 1.73. The second kappa shape index (κ2) is 7.98. The Balaban J connectivity index is 1.56. The fourth-order valence-corrected chi connectivity index (χ4v) is 4.90. The van der Waals surface area contributed by atoms with E-state index in [1.165, 1.54) is 12.8 Å². The molecule has 0 spiro atoms. The molecular formula is C22H28N7O2P. The van der Waals surface area contributed by atoms with Crippen LogP contribution in [-0.4, -0.2) is 70.0 Å². The third kappa shape index (κ3) is 4.27. The lowest BCUT2D eigenvalue weighted by molar-refractivity contribution is 0.0697. The second-order valence-corrected chi connectivity index (χ2v) is 12.4. The van der Waals surface area contributed by atoms with E-state index < -0.39 is 7.14 Å². The van der Waals surface area contributed by atoms with Crippen molar-refractivity contribution in [3.05, 3.63) is 35.8 Å². The van der Waals surface area contributed by atoms with Gasteiger partial charge in [-0.3, -0.25) is 9.89 Å². The number of nitrogens with zero attached hydrogens (tertiary/aromatic N) is 4. The van der Waals surface area contributed by atoms with Crippen LogP contribution in [0, 0.1) is 0 Å². The van der Waals surface area contributed by atoms with Gasteiger partial charge in [0.1, 0.15) is 13.0 Å². The Hall–Kier alpha value is -2.77. The van der Waals surface area contributed by atoms with E-state index in [0.29, 0.717) is 41.5 Å². The first kappa shape index (κ1) is 21.1. The Labute approximate surface area is 186 Å². The number of hydrogen-bond donors (Lipinski definition) is 3. The molecule has 3 N–H and O–H groups in total. The number of benzene rings is 1. The second-order valence-electron chi connectivity index (χ2n) is 9.16. The average molecular weight is 453 g/mol. The van der Waals surface area contributed by atoms with Crippen molar-refractivity contribution >= 4 is 40.9 Å². The molecule has 0 bridgehead atoms. The van der Waals surface area contributed by atoms with Crippen LogP contribution < -0.4 is 15.9 Å². The lowest BCUT2D eigenvalue weighted by Crippen LogP contribution is -2.51. The Morgan fingerprint density at radius 1 is 1.22 bits per heavy atom. The number of piperazine rings is 1. The molecule has 1 saturated carbocycles. The summed E-state index contributed by atoms with van der Waals surface area (Å²) in [6, 6.07) is 7.70. The molecule has 1 aliphatic carbocycles. The summed E-state index contributed by atoms with van der Waals surface area (Å²) in [7, 11) is -2.47. The molecule has 1 amide bonds. The maximum absolute atomic E-state index is 13.2. The van der Waals surface area contributed by atoms with Crippen LogP contribution in [0.25, 0.3) is 10.9 Å². The predicted molar refractivity (Wildman–Crippen MR) is 126 cm³/mol. The quantitative estimate of drug-likeness (QED) is 0.509. The van der Waals surface area contributed by atoms with E-state index in [4.69, 9.17) is 0 Å². The Morgan fingerprint density at radius 3 is 2.75 bits per heavy atom. The largest absolute Gasteiger partial charge is 0.333 e. The topological polar surface area (TPSA) is 116 Å². The van der Waals surface area contributed by atoms with E-state index in [1.54, 1.807) is 18.2 Å². The van der Waals surface area contributed by atoms with E-state index in [1.807, 2.05) is 24.3 Å². The minimum Gasteiger partial charge on any atom is -0.333 e. The molecule has 168 valence electrons. The highest BCUT2D eigenvalue weighted by Crippen LogP contribution is 2.40. The molecule has 0 unspecified atom stereocenters. The van der Waals surface area contributed by atoms with Crippen molar-refractivity contribution in [2.24, 2.45) is 0 Å².